The molecule has 0 aromatic carbocycles. The van der Waals surface area contributed by atoms with Crippen molar-refractivity contribution in [1.82, 2.24) is 10.1 Å². The Morgan fingerprint density at radius 3 is 2.56 bits per heavy atom. The normalized spacial score (nSPS) is 15.4. The predicted molar refractivity (Wildman–Crippen MR) is 67.4 cm³/mol. The van der Waals surface area contributed by atoms with Gasteiger partial charge in [0.05, 0.1) is 11.7 Å². The smallest absolute Gasteiger partial charge is 0.231 e. The molecule has 92 valence electrons. The van der Waals surface area contributed by atoms with Gasteiger partial charge in [-0.25, -0.2) is 0 Å². The number of aromatic nitrogens is 2. The maximum Gasteiger partial charge on any atom is 0.231 e. The van der Waals surface area contributed by atoms with E-state index in [9.17, 15) is 0 Å². The molecular formula is C11H21N3OS. The summed E-state index contributed by atoms with van der Waals surface area (Å²) in [6, 6.07) is 0.0344. The molecule has 0 bridgehead atoms. The van der Waals surface area contributed by atoms with E-state index >= 15 is 0 Å². The Morgan fingerprint density at radius 1 is 1.38 bits per heavy atom. The maximum absolute atomic E-state index is 5.95. The maximum atomic E-state index is 5.95. The van der Waals surface area contributed by atoms with Crippen molar-refractivity contribution in [2.45, 2.75) is 45.4 Å². The van der Waals surface area contributed by atoms with Gasteiger partial charge < -0.3 is 10.3 Å². The van der Waals surface area contributed by atoms with Gasteiger partial charge in [-0.05, 0) is 18.6 Å². The van der Waals surface area contributed by atoms with Gasteiger partial charge in [0, 0.05) is 6.04 Å². The Morgan fingerprint density at radius 2 is 2.06 bits per heavy atom. The van der Waals surface area contributed by atoms with Crippen LogP contribution in [0.25, 0.3) is 0 Å². The quantitative estimate of drug-likeness (QED) is 0.831. The number of nitrogens with zero attached hydrogens (tertiary/aromatic N) is 2. The summed E-state index contributed by atoms with van der Waals surface area (Å²) in [5, 5.41) is 3.98. The molecule has 2 N–H and O–H groups in total. The molecule has 2 unspecified atom stereocenters. The number of rotatable bonds is 6. The van der Waals surface area contributed by atoms with E-state index < -0.39 is 0 Å². The van der Waals surface area contributed by atoms with E-state index in [1.165, 1.54) is 0 Å². The molecule has 0 saturated heterocycles. The first-order chi connectivity index (χ1) is 7.56. The van der Waals surface area contributed by atoms with Crippen molar-refractivity contribution in [3.05, 3.63) is 11.7 Å². The average Bonchev–Trinajstić information content (AvgIpc) is 2.62. The monoisotopic (exact) mass is 243 g/mol. The van der Waals surface area contributed by atoms with Crippen molar-refractivity contribution in [3.63, 3.8) is 0 Å². The fraction of sp³-hybridized carbons (Fsp3) is 0.818. The van der Waals surface area contributed by atoms with Gasteiger partial charge in [-0.3, -0.25) is 0 Å². The fourth-order valence-electron chi connectivity index (χ4n) is 1.77. The van der Waals surface area contributed by atoms with Crippen LogP contribution in [0.3, 0.4) is 0 Å². The van der Waals surface area contributed by atoms with Crippen molar-refractivity contribution in [2.75, 3.05) is 5.75 Å². The average molecular weight is 243 g/mol. The van der Waals surface area contributed by atoms with Crippen LogP contribution < -0.4 is 5.73 Å². The summed E-state index contributed by atoms with van der Waals surface area (Å²) >= 11 is 1.79. The van der Waals surface area contributed by atoms with Gasteiger partial charge in [0.1, 0.15) is 0 Å². The third-order valence-corrected chi connectivity index (χ3v) is 3.36. The van der Waals surface area contributed by atoms with Crippen LogP contribution in [0.15, 0.2) is 4.52 Å². The van der Waals surface area contributed by atoms with Gasteiger partial charge in [-0.15, -0.1) is 0 Å². The van der Waals surface area contributed by atoms with Crippen LogP contribution in [0.4, 0.5) is 0 Å². The molecule has 1 heterocycles. The van der Waals surface area contributed by atoms with E-state index in [4.69, 9.17) is 10.3 Å². The summed E-state index contributed by atoms with van der Waals surface area (Å²) in [6.45, 7) is 8.34. The molecule has 0 saturated carbocycles. The Kier molecular flexibility index (Phi) is 5.28. The van der Waals surface area contributed by atoms with Gasteiger partial charge in [0.15, 0.2) is 5.82 Å². The van der Waals surface area contributed by atoms with Gasteiger partial charge >= 0.3 is 0 Å². The van der Waals surface area contributed by atoms with Crippen molar-refractivity contribution < 1.29 is 4.52 Å². The van der Waals surface area contributed by atoms with Gasteiger partial charge in [0.2, 0.25) is 5.89 Å². The second-order valence-corrected chi connectivity index (χ2v) is 5.59. The standard InChI is InChI=1S/C11H21N3OS/c1-5-16-6-9-13-11(15-14-9)10(7(2)3)8(4)12/h7-8,10H,5-6,12H2,1-4H3. The van der Waals surface area contributed by atoms with Crippen molar-refractivity contribution >= 4 is 11.8 Å². The highest BCUT2D eigenvalue weighted by Crippen LogP contribution is 2.26. The summed E-state index contributed by atoms with van der Waals surface area (Å²) in [4.78, 5) is 4.41. The molecule has 1 aromatic rings. The topological polar surface area (TPSA) is 64.9 Å². The summed E-state index contributed by atoms with van der Waals surface area (Å²) in [6.07, 6.45) is 0. The molecule has 4 nitrogen and oxygen atoms in total. The molecule has 0 aliphatic heterocycles. The molecule has 1 aromatic heterocycles. The first kappa shape index (κ1) is 13.5. The van der Waals surface area contributed by atoms with Crippen molar-refractivity contribution in [3.8, 4) is 0 Å². The highest BCUT2D eigenvalue weighted by molar-refractivity contribution is 7.98. The lowest BCUT2D eigenvalue weighted by Gasteiger charge is -2.20. The lowest BCUT2D eigenvalue weighted by atomic mass is 9.90. The zero-order valence-electron chi connectivity index (χ0n) is 10.4. The zero-order chi connectivity index (χ0) is 12.1. The van der Waals surface area contributed by atoms with Crippen LogP contribution in [0.5, 0.6) is 0 Å². The molecule has 0 amide bonds. The third-order valence-electron chi connectivity index (χ3n) is 2.49. The summed E-state index contributed by atoms with van der Waals surface area (Å²) in [7, 11) is 0. The Balaban J connectivity index is 2.74. The van der Waals surface area contributed by atoms with Crippen LogP contribution in [-0.2, 0) is 5.75 Å². The Hall–Kier alpha value is -0.550. The highest BCUT2D eigenvalue weighted by atomic mass is 32.2. The number of thioether (sulfide) groups is 1. The molecule has 0 fully saturated rings. The minimum atomic E-state index is 0.0344. The summed E-state index contributed by atoms with van der Waals surface area (Å²) in [5.41, 5.74) is 5.95. The van der Waals surface area contributed by atoms with Gasteiger partial charge in [-0.1, -0.05) is 25.9 Å². The van der Waals surface area contributed by atoms with E-state index in [0.717, 1.165) is 17.3 Å². The summed E-state index contributed by atoms with van der Waals surface area (Å²) < 4.78 is 5.29. The first-order valence-electron chi connectivity index (χ1n) is 5.72. The molecule has 0 aliphatic carbocycles. The van der Waals surface area contributed by atoms with Crippen LogP contribution in [0.1, 0.15) is 45.3 Å². The molecule has 1 rings (SSSR count). The lowest BCUT2D eigenvalue weighted by molar-refractivity contribution is 0.299. The van der Waals surface area contributed by atoms with Gasteiger partial charge in [0.25, 0.3) is 0 Å². The molecule has 0 aliphatic rings. The van der Waals surface area contributed by atoms with Crippen molar-refractivity contribution in [1.29, 1.82) is 0 Å². The molecule has 0 radical (unpaired) electrons. The predicted octanol–water partition coefficient (Wildman–Crippen LogP) is 2.41. The van der Waals surface area contributed by atoms with E-state index in [2.05, 4.69) is 30.9 Å². The first-order valence-corrected chi connectivity index (χ1v) is 6.87. The third kappa shape index (κ3) is 3.49. The van der Waals surface area contributed by atoms with E-state index in [1.54, 1.807) is 11.8 Å². The van der Waals surface area contributed by atoms with Crippen LogP contribution in [-0.4, -0.2) is 21.9 Å². The summed E-state index contributed by atoms with van der Waals surface area (Å²) in [5.74, 6) is 3.87. The van der Waals surface area contributed by atoms with Crippen molar-refractivity contribution in [2.24, 2.45) is 11.7 Å². The lowest BCUT2D eigenvalue weighted by Crippen LogP contribution is -2.28. The number of nitrogens with two attached hydrogens (primary N) is 1. The molecule has 2 atom stereocenters. The zero-order valence-corrected chi connectivity index (χ0v) is 11.3. The number of hydrogen-bond donors (Lipinski definition) is 1. The Bertz CT molecular complexity index is 304. The van der Waals surface area contributed by atoms with E-state index in [0.29, 0.717) is 11.8 Å². The largest absolute Gasteiger partial charge is 0.339 e. The second kappa shape index (κ2) is 6.25. The van der Waals surface area contributed by atoms with Crippen LogP contribution in [0, 0.1) is 5.92 Å². The SMILES string of the molecule is CCSCc1noc(C(C(C)C)C(C)N)n1. The van der Waals surface area contributed by atoms with E-state index in [-0.39, 0.29) is 12.0 Å². The van der Waals surface area contributed by atoms with Crippen LogP contribution >= 0.6 is 11.8 Å². The molecular weight excluding hydrogens is 222 g/mol. The van der Waals surface area contributed by atoms with Crippen LogP contribution in [0.2, 0.25) is 0 Å². The minimum absolute atomic E-state index is 0.0344. The molecule has 5 heteroatoms. The highest BCUT2D eigenvalue weighted by Gasteiger charge is 2.25. The Labute approximate surface area is 101 Å². The second-order valence-electron chi connectivity index (χ2n) is 4.31. The number of hydrogen-bond acceptors (Lipinski definition) is 5. The minimum Gasteiger partial charge on any atom is -0.339 e. The molecule has 0 spiro atoms. The van der Waals surface area contributed by atoms with E-state index in [1.807, 2.05) is 6.92 Å². The fourth-order valence-corrected chi connectivity index (χ4v) is 2.28. The van der Waals surface area contributed by atoms with Gasteiger partial charge in [-0.2, -0.15) is 16.7 Å². The molecule has 16 heavy (non-hydrogen) atoms.